The summed E-state index contributed by atoms with van der Waals surface area (Å²) in [5.41, 5.74) is 0.578. The molecule has 0 fully saturated rings. The number of carbonyl (C=O) groups excluding carboxylic acids is 1. The van der Waals surface area contributed by atoms with E-state index in [2.05, 4.69) is 5.10 Å². The number of amides is 1. The molecule has 0 saturated heterocycles. The summed E-state index contributed by atoms with van der Waals surface area (Å²) in [6.45, 7) is -0.561. The van der Waals surface area contributed by atoms with Gasteiger partial charge in [0, 0.05) is 14.1 Å². The number of halogens is 6. The van der Waals surface area contributed by atoms with Gasteiger partial charge in [-0.15, -0.1) is 0 Å². The van der Waals surface area contributed by atoms with Crippen molar-refractivity contribution >= 4 is 17.5 Å². The van der Waals surface area contributed by atoms with Gasteiger partial charge in [-0.05, 0) is 12.1 Å². The van der Waals surface area contributed by atoms with Crippen molar-refractivity contribution in [1.29, 1.82) is 0 Å². The molecule has 0 aliphatic rings. The Labute approximate surface area is 171 Å². The third-order valence-electron chi connectivity index (χ3n) is 4.14. The van der Waals surface area contributed by atoms with Crippen molar-refractivity contribution in [2.45, 2.75) is 13.2 Å². The predicted molar refractivity (Wildman–Crippen MR) is 93.3 cm³/mol. The molecule has 6 nitrogen and oxygen atoms in total. The highest BCUT2D eigenvalue weighted by atomic mass is 35.5. The molecular weight excluding hydrogens is 437 g/mol. The predicted octanol–water partition coefficient (Wildman–Crippen LogP) is 4.21. The molecule has 0 aliphatic carbocycles. The Hall–Kier alpha value is -3.08. The summed E-state index contributed by atoms with van der Waals surface area (Å²) in [6, 6.07) is 2.55. The zero-order valence-electron chi connectivity index (χ0n) is 15.5. The first-order valence-corrected chi connectivity index (χ1v) is 8.64. The van der Waals surface area contributed by atoms with E-state index in [4.69, 9.17) is 20.8 Å². The first kappa shape index (κ1) is 21.6. The average Bonchev–Trinajstić information content (AvgIpc) is 3.32. The summed E-state index contributed by atoms with van der Waals surface area (Å²) in [6.07, 6.45) is 1.43. The molecule has 2 aromatic heterocycles. The summed E-state index contributed by atoms with van der Waals surface area (Å²) in [5, 5.41) is 4.33. The van der Waals surface area contributed by atoms with E-state index in [1.165, 1.54) is 35.0 Å². The lowest BCUT2D eigenvalue weighted by Crippen LogP contribution is -2.27. The number of hydrogen-bond acceptors (Lipinski definition) is 4. The Balaban J connectivity index is 1.71. The Bertz CT molecular complexity index is 1070. The second kappa shape index (κ2) is 8.34. The number of carbonyl (C=O) groups is 1. The fourth-order valence-electron chi connectivity index (χ4n) is 2.52. The van der Waals surface area contributed by atoms with Crippen molar-refractivity contribution in [2.75, 3.05) is 7.05 Å². The molecule has 0 aliphatic heterocycles. The Morgan fingerprint density at radius 3 is 2.30 bits per heavy atom. The van der Waals surface area contributed by atoms with Gasteiger partial charge in [0.1, 0.15) is 12.4 Å². The van der Waals surface area contributed by atoms with Gasteiger partial charge >= 0.3 is 0 Å². The van der Waals surface area contributed by atoms with Crippen LogP contribution in [0.1, 0.15) is 22.0 Å². The molecule has 0 N–H and O–H groups in total. The van der Waals surface area contributed by atoms with Crippen molar-refractivity contribution in [3.63, 3.8) is 0 Å². The quantitative estimate of drug-likeness (QED) is 0.321. The summed E-state index contributed by atoms with van der Waals surface area (Å²) in [4.78, 5) is 13.8. The van der Waals surface area contributed by atoms with Crippen molar-refractivity contribution in [3.05, 3.63) is 69.7 Å². The number of nitrogens with zero attached hydrogens (tertiary/aromatic N) is 3. The molecule has 1 amide bonds. The summed E-state index contributed by atoms with van der Waals surface area (Å²) < 4.78 is 78.2. The van der Waals surface area contributed by atoms with Gasteiger partial charge in [-0.1, -0.05) is 11.6 Å². The van der Waals surface area contributed by atoms with Gasteiger partial charge < -0.3 is 14.1 Å². The smallest absolute Gasteiger partial charge is 0.289 e. The van der Waals surface area contributed by atoms with Gasteiger partial charge in [0.15, 0.2) is 11.5 Å². The van der Waals surface area contributed by atoms with Crippen LogP contribution >= 0.6 is 11.6 Å². The van der Waals surface area contributed by atoms with Gasteiger partial charge in [0.25, 0.3) is 5.91 Å². The van der Waals surface area contributed by atoms with Crippen LogP contribution in [0, 0.1) is 29.1 Å². The van der Waals surface area contributed by atoms with Crippen LogP contribution in [0.15, 0.2) is 22.7 Å². The molecule has 0 saturated carbocycles. The molecule has 3 aromatic rings. The van der Waals surface area contributed by atoms with Crippen LogP contribution in [0.2, 0.25) is 5.02 Å². The minimum absolute atomic E-state index is 0.0748. The van der Waals surface area contributed by atoms with E-state index >= 15 is 0 Å². The number of benzene rings is 1. The normalized spacial score (nSPS) is 11.1. The largest absolute Gasteiger partial charge is 0.479 e. The molecule has 30 heavy (non-hydrogen) atoms. The highest BCUT2D eigenvalue weighted by Gasteiger charge is 2.27. The molecule has 1 aromatic carbocycles. The van der Waals surface area contributed by atoms with Crippen molar-refractivity contribution in [2.24, 2.45) is 7.05 Å². The maximum absolute atomic E-state index is 13.6. The van der Waals surface area contributed by atoms with Gasteiger partial charge in [0.2, 0.25) is 29.1 Å². The van der Waals surface area contributed by atoms with Gasteiger partial charge in [-0.25, -0.2) is 13.2 Å². The first-order valence-electron chi connectivity index (χ1n) is 8.26. The summed E-state index contributed by atoms with van der Waals surface area (Å²) in [7, 11) is 3.14. The number of ether oxygens (including phenoxy) is 1. The highest BCUT2D eigenvalue weighted by molar-refractivity contribution is 6.31. The monoisotopic (exact) mass is 449 g/mol. The molecule has 0 bridgehead atoms. The Kier molecular flexibility index (Phi) is 6.01. The fraction of sp³-hybridized carbons (Fsp3) is 0.222. The molecule has 0 unspecified atom stereocenters. The lowest BCUT2D eigenvalue weighted by molar-refractivity contribution is 0.0746. The zero-order chi connectivity index (χ0) is 22.2. The van der Waals surface area contributed by atoms with E-state index in [0.29, 0.717) is 10.7 Å². The van der Waals surface area contributed by atoms with Crippen LogP contribution in [0.5, 0.6) is 5.75 Å². The number of rotatable bonds is 6. The second-order valence-electron chi connectivity index (χ2n) is 6.18. The van der Waals surface area contributed by atoms with E-state index in [1.807, 2.05) is 0 Å². The molecule has 0 radical (unpaired) electrons. The topological polar surface area (TPSA) is 60.5 Å². The SMILES string of the molecule is CN(Cc1c(Cl)cnn1C)C(=O)c1ccc(COc2c(F)c(F)c(F)c(F)c2F)o1. The summed E-state index contributed by atoms with van der Waals surface area (Å²) >= 11 is 6.00. The average molecular weight is 450 g/mol. The number of aryl methyl sites for hydroxylation is 1. The van der Waals surface area contributed by atoms with Crippen LogP contribution < -0.4 is 4.74 Å². The number of hydrogen-bond donors (Lipinski definition) is 0. The van der Waals surface area contributed by atoms with Crippen molar-refractivity contribution < 1.29 is 35.9 Å². The van der Waals surface area contributed by atoms with Crippen molar-refractivity contribution in [3.8, 4) is 5.75 Å². The lowest BCUT2D eigenvalue weighted by Gasteiger charge is -2.16. The van der Waals surface area contributed by atoms with Crippen LogP contribution in [0.4, 0.5) is 22.0 Å². The van der Waals surface area contributed by atoms with E-state index in [0.717, 1.165) is 0 Å². The minimum atomic E-state index is -2.29. The fourth-order valence-corrected chi connectivity index (χ4v) is 2.75. The van der Waals surface area contributed by atoms with E-state index < -0.39 is 47.3 Å². The van der Waals surface area contributed by atoms with Crippen LogP contribution in [-0.2, 0) is 20.2 Å². The third-order valence-corrected chi connectivity index (χ3v) is 4.46. The van der Waals surface area contributed by atoms with Gasteiger partial charge in [0.05, 0.1) is 23.5 Å². The first-order chi connectivity index (χ1) is 14.1. The van der Waals surface area contributed by atoms with E-state index in [-0.39, 0.29) is 18.1 Å². The second-order valence-corrected chi connectivity index (χ2v) is 6.58. The highest BCUT2D eigenvalue weighted by Crippen LogP contribution is 2.30. The maximum atomic E-state index is 13.6. The maximum Gasteiger partial charge on any atom is 0.289 e. The zero-order valence-corrected chi connectivity index (χ0v) is 16.2. The molecule has 12 heteroatoms. The van der Waals surface area contributed by atoms with Crippen molar-refractivity contribution in [1.82, 2.24) is 14.7 Å². The molecule has 2 heterocycles. The molecular formula is C18H13ClF5N3O3. The Morgan fingerprint density at radius 1 is 1.13 bits per heavy atom. The van der Waals surface area contributed by atoms with Crippen LogP contribution in [0.25, 0.3) is 0 Å². The van der Waals surface area contributed by atoms with Crippen LogP contribution in [0.3, 0.4) is 0 Å². The number of furan rings is 1. The lowest BCUT2D eigenvalue weighted by atomic mass is 10.2. The third kappa shape index (κ3) is 3.97. The van der Waals surface area contributed by atoms with Gasteiger partial charge in [-0.3, -0.25) is 9.48 Å². The van der Waals surface area contributed by atoms with Gasteiger partial charge in [-0.2, -0.15) is 13.9 Å². The van der Waals surface area contributed by atoms with E-state index in [1.54, 1.807) is 7.05 Å². The summed E-state index contributed by atoms with van der Waals surface area (Å²) in [5.74, 6) is -13.0. The number of aromatic nitrogens is 2. The molecule has 0 spiro atoms. The minimum Gasteiger partial charge on any atom is -0.479 e. The van der Waals surface area contributed by atoms with E-state index in [9.17, 15) is 26.7 Å². The molecule has 3 rings (SSSR count). The molecule has 0 atom stereocenters. The molecule has 160 valence electrons. The van der Waals surface area contributed by atoms with Crippen LogP contribution in [-0.4, -0.2) is 27.6 Å². The Morgan fingerprint density at radius 2 is 1.73 bits per heavy atom. The standard InChI is InChI=1S/C18H13ClF5N3O3/c1-26(6-10-9(19)5-25-27(10)2)18(28)11-4-3-8(30-11)7-29-17-15(23)13(21)12(20)14(22)16(17)24/h3-5H,6-7H2,1-2H3.